The summed E-state index contributed by atoms with van der Waals surface area (Å²) in [5.41, 5.74) is 0.894. The van der Waals surface area contributed by atoms with Crippen molar-refractivity contribution in [3.05, 3.63) is 35.6 Å². The molecule has 1 amide bonds. The quantitative estimate of drug-likeness (QED) is 0.854. The van der Waals surface area contributed by atoms with Gasteiger partial charge in [0.15, 0.2) is 0 Å². The number of nitrogens with zero attached hydrogens (tertiary/aromatic N) is 2. The van der Waals surface area contributed by atoms with E-state index >= 15 is 0 Å². The first-order chi connectivity index (χ1) is 11.2. The fourth-order valence-electron chi connectivity index (χ4n) is 3.83. The van der Waals surface area contributed by atoms with E-state index in [-0.39, 0.29) is 11.7 Å². The molecule has 4 heteroatoms. The average Bonchev–Trinajstić information content (AvgIpc) is 2.86. The highest BCUT2D eigenvalue weighted by Gasteiger charge is 2.27. The molecule has 0 spiro atoms. The molecule has 2 heterocycles. The van der Waals surface area contributed by atoms with Gasteiger partial charge in [-0.2, -0.15) is 0 Å². The lowest BCUT2D eigenvalue weighted by atomic mass is 10.0. The number of likely N-dealkylation sites (tertiary alicyclic amines) is 2. The Morgan fingerprint density at radius 3 is 2.17 bits per heavy atom. The molecule has 3 rings (SSSR count). The van der Waals surface area contributed by atoms with Gasteiger partial charge in [0.25, 0.3) is 0 Å². The van der Waals surface area contributed by atoms with Crippen LogP contribution in [0.1, 0.15) is 44.1 Å². The van der Waals surface area contributed by atoms with Crippen molar-refractivity contribution in [2.75, 3.05) is 26.2 Å². The molecule has 2 saturated heterocycles. The van der Waals surface area contributed by atoms with Crippen LogP contribution in [0.25, 0.3) is 0 Å². The zero-order chi connectivity index (χ0) is 16.1. The number of hydrogen-bond acceptors (Lipinski definition) is 2. The molecule has 0 saturated carbocycles. The predicted molar refractivity (Wildman–Crippen MR) is 89.7 cm³/mol. The van der Waals surface area contributed by atoms with E-state index in [1.807, 2.05) is 4.90 Å². The first-order valence-corrected chi connectivity index (χ1v) is 8.98. The average molecular weight is 318 g/mol. The Bertz CT molecular complexity index is 501. The van der Waals surface area contributed by atoms with Gasteiger partial charge in [-0.1, -0.05) is 25.0 Å². The SMILES string of the molecule is O=C(Cc1ccc(F)cc1)N1CCC(N2CCCCCC2)CC1. The monoisotopic (exact) mass is 318 g/mol. The van der Waals surface area contributed by atoms with Gasteiger partial charge in [-0.3, -0.25) is 4.79 Å². The number of halogens is 1. The zero-order valence-electron chi connectivity index (χ0n) is 13.8. The van der Waals surface area contributed by atoms with Gasteiger partial charge in [-0.25, -0.2) is 4.39 Å². The van der Waals surface area contributed by atoms with Crippen molar-refractivity contribution in [2.24, 2.45) is 0 Å². The van der Waals surface area contributed by atoms with Gasteiger partial charge in [-0.15, -0.1) is 0 Å². The highest BCUT2D eigenvalue weighted by atomic mass is 19.1. The molecule has 1 aromatic carbocycles. The van der Waals surface area contributed by atoms with Crippen molar-refractivity contribution in [1.82, 2.24) is 9.80 Å². The van der Waals surface area contributed by atoms with Crippen molar-refractivity contribution in [1.29, 1.82) is 0 Å². The summed E-state index contributed by atoms with van der Waals surface area (Å²) in [4.78, 5) is 17.0. The van der Waals surface area contributed by atoms with Gasteiger partial charge in [0.1, 0.15) is 5.82 Å². The topological polar surface area (TPSA) is 23.6 Å². The standard InChI is InChI=1S/C19H27FN2O/c20-17-7-5-16(6-8-17)15-19(23)22-13-9-18(10-14-22)21-11-3-1-2-4-12-21/h5-8,18H,1-4,9-15H2. The van der Waals surface area contributed by atoms with Crippen LogP contribution in [0.4, 0.5) is 4.39 Å². The normalized spacial score (nSPS) is 21.2. The van der Waals surface area contributed by atoms with Gasteiger partial charge in [-0.05, 0) is 56.5 Å². The third-order valence-electron chi connectivity index (χ3n) is 5.24. The molecule has 0 radical (unpaired) electrons. The van der Waals surface area contributed by atoms with Crippen molar-refractivity contribution in [3.8, 4) is 0 Å². The second-order valence-corrected chi connectivity index (χ2v) is 6.87. The largest absolute Gasteiger partial charge is 0.342 e. The molecule has 0 aromatic heterocycles. The third-order valence-corrected chi connectivity index (χ3v) is 5.24. The molecule has 1 aromatic rings. The molecule has 0 aliphatic carbocycles. The Kier molecular flexibility index (Phi) is 5.65. The van der Waals surface area contributed by atoms with Crippen molar-refractivity contribution in [3.63, 3.8) is 0 Å². The molecule has 3 nitrogen and oxygen atoms in total. The second-order valence-electron chi connectivity index (χ2n) is 6.87. The minimum atomic E-state index is -0.250. The molecule has 0 unspecified atom stereocenters. The van der Waals surface area contributed by atoms with Gasteiger partial charge in [0.05, 0.1) is 6.42 Å². The maximum absolute atomic E-state index is 12.9. The fraction of sp³-hybridized carbons (Fsp3) is 0.632. The highest BCUT2D eigenvalue weighted by Crippen LogP contribution is 2.21. The van der Waals surface area contributed by atoms with E-state index < -0.39 is 0 Å². The summed E-state index contributed by atoms with van der Waals surface area (Å²) in [5.74, 6) is -0.0783. The Hall–Kier alpha value is -1.42. The number of carbonyl (C=O) groups excluding carboxylic acids is 1. The van der Waals surface area contributed by atoms with Crippen LogP contribution in [0.3, 0.4) is 0 Å². The van der Waals surface area contributed by atoms with Gasteiger partial charge in [0.2, 0.25) is 5.91 Å². The molecular weight excluding hydrogens is 291 g/mol. The first-order valence-electron chi connectivity index (χ1n) is 8.98. The Morgan fingerprint density at radius 2 is 1.57 bits per heavy atom. The van der Waals surface area contributed by atoms with E-state index in [2.05, 4.69) is 4.90 Å². The lowest BCUT2D eigenvalue weighted by Gasteiger charge is -2.38. The van der Waals surface area contributed by atoms with E-state index in [0.29, 0.717) is 12.5 Å². The van der Waals surface area contributed by atoms with E-state index in [1.54, 1.807) is 12.1 Å². The van der Waals surface area contributed by atoms with E-state index in [9.17, 15) is 9.18 Å². The Morgan fingerprint density at radius 1 is 0.957 bits per heavy atom. The van der Waals surface area contributed by atoms with Gasteiger partial charge in [0, 0.05) is 19.1 Å². The summed E-state index contributed by atoms with van der Waals surface area (Å²) in [5, 5.41) is 0. The fourth-order valence-corrected chi connectivity index (χ4v) is 3.83. The molecule has 0 bridgehead atoms. The number of hydrogen-bond donors (Lipinski definition) is 0. The predicted octanol–water partition coefficient (Wildman–Crippen LogP) is 3.24. The van der Waals surface area contributed by atoms with Crippen LogP contribution >= 0.6 is 0 Å². The van der Waals surface area contributed by atoms with Crippen LogP contribution in [0.5, 0.6) is 0 Å². The summed E-state index contributed by atoms with van der Waals surface area (Å²) in [6.45, 7) is 4.19. The van der Waals surface area contributed by atoms with Crippen LogP contribution in [-0.4, -0.2) is 47.9 Å². The molecular formula is C19H27FN2O. The van der Waals surface area contributed by atoms with Crippen LogP contribution in [0, 0.1) is 5.82 Å². The maximum Gasteiger partial charge on any atom is 0.226 e. The molecule has 2 aliphatic heterocycles. The maximum atomic E-state index is 12.9. The van der Waals surface area contributed by atoms with Crippen LogP contribution < -0.4 is 0 Å². The van der Waals surface area contributed by atoms with Gasteiger partial charge >= 0.3 is 0 Å². The lowest BCUT2D eigenvalue weighted by Crippen LogP contribution is -2.47. The number of benzene rings is 1. The Balaban J connectivity index is 1.48. The highest BCUT2D eigenvalue weighted by molar-refractivity contribution is 5.78. The minimum Gasteiger partial charge on any atom is -0.342 e. The van der Waals surface area contributed by atoms with Gasteiger partial charge < -0.3 is 9.80 Å². The summed E-state index contributed by atoms with van der Waals surface area (Å²) in [7, 11) is 0. The van der Waals surface area contributed by atoms with Crippen LogP contribution in [-0.2, 0) is 11.2 Å². The van der Waals surface area contributed by atoms with Crippen LogP contribution in [0.15, 0.2) is 24.3 Å². The molecule has 2 aliphatic rings. The summed E-state index contributed by atoms with van der Waals surface area (Å²) in [6.07, 6.45) is 7.95. The van der Waals surface area contributed by atoms with Crippen molar-refractivity contribution >= 4 is 5.91 Å². The first kappa shape index (κ1) is 16.4. The summed E-state index contributed by atoms with van der Waals surface area (Å²) >= 11 is 0. The number of rotatable bonds is 3. The van der Waals surface area contributed by atoms with E-state index in [0.717, 1.165) is 31.5 Å². The molecule has 23 heavy (non-hydrogen) atoms. The molecule has 0 N–H and O–H groups in total. The van der Waals surface area contributed by atoms with E-state index in [1.165, 1.54) is 50.9 Å². The number of carbonyl (C=O) groups is 1. The summed E-state index contributed by atoms with van der Waals surface area (Å²) in [6, 6.07) is 6.92. The molecule has 2 fully saturated rings. The Labute approximate surface area is 138 Å². The summed E-state index contributed by atoms with van der Waals surface area (Å²) < 4.78 is 12.9. The minimum absolute atomic E-state index is 0.172. The van der Waals surface area contributed by atoms with Crippen LogP contribution in [0.2, 0.25) is 0 Å². The number of amides is 1. The third kappa shape index (κ3) is 4.54. The second kappa shape index (κ2) is 7.91. The molecule has 126 valence electrons. The van der Waals surface area contributed by atoms with Crippen molar-refractivity contribution < 1.29 is 9.18 Å². The van der Waals surface area contributed by atoms with E-state index in [4.69, 9.17) is 0 Å². The van der Waals surface area contributed by atoms with Crippen molar-refractivity contribution in [2.45, 2.75) is 51.0 Å². The smallest absolute Gasteiger partial charge is 0.226 e. The lowest BCUT2D eigenvalue weighted by molar-refractivity contribution is -0.132. The molecule has 0 atom stereocenters. The number of piperidine rings is 1. The zero-order valence-corrected chi connectivity index (χ0v) is 13.8.